The van der Waals surface area contributed by atoms with Crippen LogP contribution in [0.3, 0.4) is 0 Å². The zero-order chi connectivity index (χ0) is 22.5. The molecule has 4 rings (SSSR count). The minimum Gasteiger partial charge on any atom is -0.493 e. The molecule has 3 aromatic heterocycles. The number of pyridine rings is 1. The summed E-state index contributed by atoms with van der Waals surface area (Å²) in [6, 6.07) is 9.81. The summed E-state index contributed by atoms with van der Waals surface area (Å²) in [6.07, 6.45) is 5.31. The van der Waals surface area contributed by atoms with Crippen LogP contribution in [0, 0.1) is 0 Å². The Hall–Kier alpha value is -3.68. The molecular weight excluding hydrogens is 404 g/mol. The van der Waals surface area contributed by atoms with Gasteiger partial charge in [-0.15, -0.1) is 0 Å². The van der Waals surface area contributed by atoms with Crippen LogP contribution < -0.4 is 15.0 Å². The molecule has 8 heteroatoms. The van der Waals surface area contributed by atoms with Crippen molar-refractivity contribution in [1.29, 1.82) is 0 Å². The number of imidazole rings is 1. The van der Waals surface area contributed by atoms with Crippen LogP contribution in [0.5, 0.6) is 11.5 Å². The zero-order valence-corrected chi connectivity index (χ0v) is 18.9. The topological polar surface area (TPSA) is 90.2 Å². The van der Waals surface area contributed by atoms with Gasteiger partial charge in [0.25, 0.3) is 0 Å². The number of rotatable bonds is 8. The van der Waals surface area contributed by atoms with Gasteiger partial charge < -0.3 is 19.0 Å². The zero-order valence-electron chi connectivity index (χ0n) is 18.9. The molecule has 0 spiro atoms. The molecular formula is C24H28N6O2. The van der Waals surface area contributed by atoms with Gasteiger partial charge in [-0.3, -0.25) is 9.98 Å². The van der Waals surface area contributed by atoms with Crippen LogP contribution in [0.1, 0.15) is 43.6 Å². The van der Waals surface area contributed by atoms with Crippen molar-refractivity contribution in [3.05, 3.63) is 71.5 Å². The van der Waals surface area contributed by atoms with E-state index in [1.54, 1.807) is 25.8 Å². The van der Waals surface area contributed by atoms with Crippen LogP contribution in [0.15, 0.2) is 54.0 Å². The lowest BCUT2D eigenvalue weighted by molar-refractivity contribution is 0.284. The van der Waals surface area contributed by atoms with Gasteiger partial charge in [-0.1, -0.05) is 19.9 Å². The van der Waals surface area contributed by atoms with Crippen LogP contribution in [0.2, 0.25) is 0 Å². The smallest absolute Gasteiger partial charge is 0.176 e. The Morgan fingerprint density at radius 3 is 2.62 bits per heavy atom. The Morgan fingerprint density at radius 2 is 1.91 bits per heavy atom. The van der Waals surface area contributed by atoms with Crippen LogP contribution in [0.4, 0.5) is 0 Å². The molecule has 0 aliphatic heterocycles. The van der Waals surface area contributed by atoms with Crippen molar-refractivity contribution >= 4 is 11.2 Å². The minimum absolute atomic E-state index is 0.277. The van der Waals surface area contributed by atoms with Gasteiger partial charge >= 0.3 is 0 Å². The number of aromatic nitrogens is 5. The normalized spacial score (nSPS) is 12.0. The minimum atomic E-state index is 0.277. The number of H-pyrrole nitrogens is 1. The van der Waals surface area contributed by atoms with Crippen molar-refractivity contribution in [3.8, 4) is 11.5 Å². The molecule has 0 radical (unpaired) electrons. The average Bonchev–Trinajstić information content (AvgIpc) is 3.27. The monoisotopic (exact) mass is 432 g/mol. The van der Waals surface area contributed by atoms with Gasteiger partial charge in [0.2, 0.25) is 0 Å². The molecule has 0 amide bonds. The third kappa shape index (κ3) is 4.64. The van der Waals surface area contributed by atoms with Crippen LogP contribution in [0.25, 0.3) is 11.2 Å². The Kier molecular flexibility index (Phi) is 6.49. The van der Waals surface area contributed by atoms with Gasteiger partial charge in [-0.2, -0.15) is 0 Å². The fourth-order valence-corrected chi connectivity index (χ4v) is 3.42. The first-order valence-electron chi connectivity index (χ1n) is 10.7. The first-order chi connectivity index (χ1) is 15.6. The number of aromatic amines is 1. The van der Waals surface area contributed by atoms with E-state index in [2.05, 4.69) is 33.8 Å². The van der Waals surface area contributed by atoms with Gasteiger partial charge in [0.15, 0.2) is 22.6 Å². The van der Waals surface area contributed by atoms with E-state index in [0.29, 0.717) is 36.7 Å². The van der Waals surface area contributed by atoms with Crippen molar-refractivity contribution in [2.75, 3.05) is 13.7 Å². The molecule has 0 aliphatic carbocycles. The highest BCUT2D eigenvalue weighted by Crippen LogP contribution is 2.29. The van der Waals surface area contributed by atoms with Crippen molar-refractivity contribution in [2.45, 2.75) is 39.8 Å². The van der Waals surface area contributed by atoms with Crippen molar-refractivity contribution in [2.24, 2.45) is 4.99 Å². The van der Waals surface area contributed by atoms with E-state index >= 15 is 0 Å². The largest absolute Gasteiger partial charge is 0.493 e. The molecule has 0 saturated heterocycles. The third-order valence-corrected chi connectivity index (χ3v) is 5.10. The highest BCUT2D eigenvalue weighted by atomic mass is 16.5. The quantitative estimate of drug-likeness (QED) is 0.457. The molecule has 0 unspecified atom stereocenters. The summed E-state index contributed by atoms with van der Waals surface area (Å²) < 4.78 is 13.6. The first-order valence-corrected chi connectivity index (χ1v) is 10.7. The molecule has 8 nitrogen and oxygen atoms in total. The summed E-state index contributed by atoms with van der Waals surface area (Å²) in [5.74, 6) is 2.58. The predicted octanol–water partition coefficient (Wildman–Crippen LogP) is 3.83. The summed E-state index contributed by atoms with van der Waals surface area (Å²) in [6.45, 7) is 7.92. The summed E-state index contributed by atoms with van der Waals surface area (Å²) in [5.41, 5.74) is 4.49. The lowest BCUT2D eigenvalue weighted by atomic mass is 10.2. The Bertz CT molecular complexity index is 1260. The van der Waals surface area contributed by atoms with Gasteiger partial charge in [-0.25, -0.2) is 9.97 Å². The lowest BCUT2D eigenvalue weighted by Gasteiger charge is -2.13. The van der Waals surface area contributed by atoms with Crippen molar-refractivity contribution in [1.82, 2.24) is 24.5 Å². The van der Waals surface area contributed by atoms with E-state index in [1.165, 1.54) is 0 Å². The second-order valence-electron chi connectivity index (χ2n) is 7.78. The Balaban J connectivity index is 1.66. The maximum absolute atomic E-state index is 6.05. The van der Waals surface area contributed by atoms with E-state index in [9.17, 15) is 0 Å². The molecule has 0 bridgehead atoms. The summed E-state index contributed by atoms with van der Waals surface area (Å²) >= 11 is 0. The molecule has 4 aromatic rings. The van der Waals surface area contributed by atoms with Crippen LogP contribution in [-0.2, 0) is 13.2 Å². The Labute approximate surface area is 187 Å². The molecule has 0 aliphatic rings. The highest BCUT2D eigenvalue weighted by Gasteiger charge is 2.13. The first kappa shape index (κ1) is 21.5. The number of hydrogen-bond acceptors (Lipinski definition) is 6. The number of methoxy groups -OCH3 is 1. The summed E-state index contributed by atoms with van der Waals surface area (Å²) in [5, 5.41) is 0. The van der Waals surface area contributed by atoms with Gasteiger partial charge in [0, 0.05) is 24.9 Å². The second-order valence-corrected chi connectivity index (χ2v) is 7.78. The van der Waals surface area contributed by atoms with Crippen molar-refractivity contribution in [3.63, 3.8) is 0 Å². The highest BCUT2D eigenvalue weighted by molar-refractivity contribution is 5.69. The molecule has 32 heavy (non-hydrogen) atoms. The van der Waals surface area contributed by atoms with E-state index in [4.69, 9.17) is 14.5 Å². The summed E-state index contributed by atoms with van der Waals surface area (Å²) in [4.78, 5) is 21.3. The average molecular weight is 433 g/mol. The second kappa shape index (κ2) is 9.64. The fraction of sp³-hybridized carbons (Fsp3) is 0.333. The third-order valence-electron chi connectivity index (χ3n) is 5.10. The van der Waals surface area contributed by atoms with Crippen LogP contribution in [-0.4, -0.2) is 38.2 Å². The molecule has 1 N–H and O–H groups in total. The SMILES string of the molecule is CCN=c1ncn(Cc2ccc(OC)c(OCc3ccncc3)c2)c2nc(C(C)C)[nH]c12. The number of hydrogen-bond donors (Lipinski definition) is 1. The molecule has 0 atom stereocenters. The molecule has 0 saturated carbocycles. The van der Waals surface area contributed by atoms with E-state index < -0.39 is 0 Å². The maximum atomic E-state index is 6.05. The maximum Gasteiger partial charge on any atom is 0.176 e. The summed E-state index contributed by atoms with van der Waals surface area (Å²) in [7, 11) is 1.64. The van der Waals surface area contributed by atoms with E-state index in [0.717, 1.165) is 28.1 Å². The number of nitrogens with zero attached hydrogens (tertiary/aromatic N) is 5. The standard InChI is InChI=1S/C24H28N6O2/c1-5-26-23-21-24(29-22(28-21)16(2)3)30(15-27-23)13-18-6-7-19(31-4)20(12-18)32-14-17-8-10-25-11-9-17/h6-12,15-16H,5,13-14H2,1-4H3,(H,28,29). The molecule has 1 aromatic carbocycles. The molecule has 0 fully saturated rings. The number of ether oxygens (including phenoxy) is 2. The van der Waals surface area contributed by atoms with Gasteiger partial charge in [0.05, 0.1) is 20.0 Å². The molecule has 3 heterocycles. The number of benzene rings is 1. The Morgan fingerprint density at radius 1 is 1.09 bits per heavy atom. The molecule has 166 valence electrons. The fourth-order valence-electron chi connectivity index (χ4n) is 3.42. The van der Waals surface area contributed by atoms with Gasteiger partial charge in [0.1, 0.15) is 17.9 Å². The van der Waals surface area contributed by atoms with Crippen LogP contribution >= 0.6 is 0 Å². The van der Waals surface area contributed by atoms with E-state index in [1.807, 2.05) is 41.8 Å². The predicted molar refractivity (Wildman–Crippen MR) is 123 cm³/mol. The van der Waals surface area contributed by atoms with Gasteiger partial charge in [-0.05, 0) is 42.3 Å². The van der Waals surface area contributed by atoms with Crippen molar-refractivity contribution < 1.29 is 9.47 Å². The number of fused-ring (bicyclic) bond motifs is 1. The lowest BCUT2D eigenvalue weighted by Crippen LogP contribution is -2.15. The van der Waals surface area contributed by atoms with E-state index in [-0.39, 0.29) is 5.92 Å². The number of nitrogens with one attached hydrogen (secondary N) is 1.